The molecule has 1 atom stereocenters. The smallest absolute Gasteiger partial charge is 0.239 e. The van der Waals surface area contributed by atoms with Gasteiger partial charge in [-0.3, -0.25) is 4.79 Å². The topological polar surface area (TPSA) is 66.6 Å². The molecule has 1 aromatic heterocycles. The Bertz CT molecular complexity index is 1310. The van der Waals surface area contributed by atoms with E-state index in [9.17, 15) is 4.79 Å². The molecule has 6 heteroatoms. The summed E-state index contributed by atoms with van der Waals surface area (Å²) in [6, 6.07) is 22.4. The van der Waals surface area contributed by atoms with E-state index in [0.29, 0.717) is 24.6 Å². The van der Waals surface area contributed by atoms with Crippen molar-refractivity contribution in [1.29, 1.82) is 0 Å². The number of anilines is 1. The Morgan fingerprint density at radius 3 is 2.68 bits per heavy atom. The normalized spacial score (nSPS) is 13.5. The molecule has 34 heavy (non-hydrogen) atoms. The average molecular weight is 456 g/mol. The second-order valence-corrected chi connectivity index (χ2v) is 8.53. The molecular weight excluding hydrogens is 426 g/mol. The van der Waals surface area contributed by atoms with Crippen LogP contribution in [0.4, 0.5) is 5.69 Å². The minimum atomic E-state index is -0.115. The number of ether oxygens (including phenoxy) is 2. The maximum absolute atomic E-state index is 13.0. The number of H-pyrrole nitrogens is 1. The number of methoxy groups -OCH3 is 2. The zero-order valence-corrected chi connectivity index (χ0v) is 19.5. The number of carbonyl (C=O) groups is 1. The summed E-state index contributed by atoms with van der Waals surface area (Å²) in [5, 5.41) is 4.31. The largest absolute Gasteiger partial charge is 0.493 e. The molecule has 1 amide bonds. The monoisotopic (exact) mass is 455 g/mol. The highest BCUT2D eigenvalue weighted by Crippen LogP contribution is 2.40. The van der Waals surface area contributed by atoms with E-state index >= 15 is 0 Å². The molecule has 4 aromatic rings. The lowest BCUT2D eigenvalue weighted by atomic mass is 9.90. The van der Waals surface area contributed by atoms with Gasteiger partial charge in [-0.1, -0.05) is 48.5 Å². The first kappa shape index (κ1) is 21.9. The number of nitrogens with zero attached hydrogens (tertiary/aromatic N) is 1. The van der Waals surface area contributed by atoms with E-state index in [2.05, 4.69) is 45.5 Å². The average Bonchev–Trinajstić information content (AvgIpc) is 3.48. The van der Waals surface area contributed by atoms with E-state index < -0.39 is 0 Å². The minimum absolute atomic E-state index is 0.00315. The lowest BCUT2D eigenvalue weighted by Crippen LogP contribution is -2.38. The SMILES string of the molecule is COc1cccc([C@H](CNC(=O)CN2CCc3ccccc32)c2c[nH]c3ccccc23)c1OC. The van der Waals surface area contributed by atoms with E-state index in [1.54, 1.807) is 14.2 Å². The first-order valence-corrected chi connectivity index (χ1v) is 11.6. The Morgan fingerprint density at radius 2 is 1.82 bits per heavy atom. The molecule has 0 aliphatic carbocycles. The Balaban J connectivity index is 1.42. The van der Waals surface area contributed by atoms with Crippen LogP contribution in [0, 0.1) is 0 Å². The number of nitrogens with one attached hydrogen (secondary N) is 2. The fraction of sp³-hybridized carbons (Fsp3) is 0.250. The molecule has 6 nitrogen and oxygen atoms in total. The molecule has 0 saturated carbocycles. The number of carbonyl (C=O) groups excluding carboxylic acids is 1. The molecule has 1 aliphatic rings. The summed E-state index contributed by atoms with van der Waals surface area (Å²) in [6.07, 6.45) is 3.00. The summed E-state index contributed by atoms with van der Waals surface area (Å²) >= 11 is 0. The number of rotatable bonds is 8. The lowest BCUT2D eigenvalue weighted by molar-refractivity contribution is -0.119. The van der Waals surface area contributed by atoms with Gasteiger partial charge in [0.05, 0.1) is 20.8 Å². The van der Waals surface area contributed by atoms with E-state index in [4.69, 9.17) is 9.47 Å². The molecule has 0 unspecified atom stereocenters. The standard InChI is InChI=1S/C28H29N3O3/c1-33-26-13-7-10-21(28(26)34-2)23(22-16-29-24-11-5-4-9-20(22)24)17-30-27(32)18-31-15-14-19-8-3-6-12-25(19)31/h3-13,16,23,29H,14-15,17-18H2,1-2H3,(H,30,32)/t23-/m0/s1. The van der Waals surface area contributed by atoms with Crippen LogP contribution in [-0.2, 0) is 11.2 Å². The second-order valence-electron chi connectivity index (χ2n) is 8.53. The van der Waals surface area contributed by atoms with Crippen molar-refractivity contribution in [3.05, 3.63) is 89.6 Å². The van der Waals surface area contributed by atoms with Crippen LogP contribution in [0.5, 0.6) is 11.5 Å². The third kappa shape index (κ3) is 4.07. The summed E-state index contributed by atoms with van der Waals surface area (Å²) in [7, 11) is 3.29. The maximum Gasteiger partial charge on any atom is 0.239 e. The van der Waals surface area contributed by atoms with E-state index in [-0.39, 0.29) is 11.8 Å². The highest BCUT2D eigenvalue weighted by Gasteiger charge is 2.25. The predicted octanol–water partition coefficient (Wildman–Crippen LogP) is 4.50. The summed E-state index contributed by atoms with van der Waals surface area (Å²) in [5.74, 6) is 1.24. The molecule has 0 spiro atoms. The number of para-hydroxylation sites is 3. The number of aromatic nitrogens is 1. The van der Waals surface area contributed by atoms with Crippen LogP contribution in [0.2, 0.25) is 0 Å². The summed E-state index contributed by atoms with van der Waals surface area (Å²) in [5.41, 5.74) is 5.59. The third-order valence-electron chi connectivity index (χ3n) is 6.63. The Labute approximate surface area is 199 Å². The number of hydrogen-bond acceptors (Lipinski definition) is 4. The molecule has 0 bridgehead atoms. The van der Waals surface area contributed by atoms with Crippen LogP contribution < -0.4 is 19.7 Å². The van der Waals surface area contributed by atoms with E-state index in [0.717, 1.165) is 40.7 Å². The van der Waals surface area contributed by atoms with Crippen molar-refractivity contribution in [2.24, 2.45) is 0 Å². The van der Waals surface area contributed by atoms with Crippen molar-refractivity contribution in [3.8, 4) is 11.5 Å². The van der Waals surface area contributed by atoms with Gasteiger partial charge in [0.15, 0.2) is 11.5 Å². The van der Waals surface area contributed by atoms with Gasteiger partial charge in [-0.05, 0) is 35.7 Å². The Hall–Kier alpha value is -3.93. The van der Waals surface area contributed by atoms with Crippen molar-refractivity contribution in [3.63, 3.8) is 0 Å². The fourth-order valence-corrected chi connectivity index (χ4v) is 4.97. The molecule has 0 fully saturated rings. The lowest BCUT2D eigenvalue weighted by Gasteiger charge is -2.23. The van der Waals surface area contributed by atoms with Gasteiger partial charge in [0.1, 0.15) is 0 Å². The van der Waals surface area contributed by atoms with Crippen LogP contribution in [0.25, 0.3) is 10.9 Å². The van der Waals surface area contributed by atoms with Gasteiger partial charge < -0.3 is 24.7 Å². The van der Waals surface area contributed by atoms with Gasteiger partial charge in [-0.15, -0.1) is 0 Å². The predicted molar refractivity (Wildman–Crippen MR) is 135 cm³/mol. The van der Waals surface area contributed by atoms with Gasteiger partial charge in [-0.25, -0.2) is 0 Å². The zero-order chi connectivity index (χ0) is 23.5. The highest BCUT2D eigenvalue weighted by atomic mass is 16.5. The molecule has 2 N–H and O–H groups in total. The maximum atomic E-state index is 13.0. The van der Waals surface area contributed by atoms with E-state index in [1.165, 1.54) is 5.56 Å². The summed E-state index contributed by atoms with van der Waals surface area (Å²) in [4.78, 5) is 18.6. The van der Waals surface area contributed by atoms with Crippen molar-refractivity contribution in [2.75, 3.05) is 38.8 Å². The molecule has 0 radical (unpaired) electrons. The fourth-order valence-electron chi connectivity index (χ4n) is 4.97. The molecule has 174 valence electrons. The Morgan fingerprint density at radius 1 is 1.00 bits per heavy atom. The van der Waals surface area contributed by atoms with Crippen molar-refractivity contribution in [1.82, 2.24) is 10.3 Å². The van der Waals surface area contributed by atoms with E-state index in [1.807, 2.05) is 42.6 Å². The van der Waals surface area contributed by atoms with Gasteiger partial charge in [0.25, 0.3) is 0 Å². The van der Waals surface area contributed by atoms with Gasteiger partial charge in [-0.2, -0.15) is 0 Å². The van der Waals surface area contributed by atoms with Crippen molar-refractivity contribution in [2.45, 2.75) is 12.3 Å². The number of hydrogen-bond donors (Lipinski definition) is 2. The zero-order valence-electron chi connectivity index (χ0n) is 19.5. The van der Waals surface area contributed by atoms with Crippen LogP contribution in [0.1, 0.15) is 22.6 Å². The van der Waals surface area contributed by atoms with Gasteiger partial charge >= 0.3 is 0 Å². The number of aromatic amines is 1. The van der Waals surface area contributed by atoms with Crippen LogP contribution in [0.3, 0.4) is 0 Å². The van der Waals surface area contributed by atoms with Crippen molar-refractivity contribution >= 4 is 22.5 Å². The van der Waals surface area contributed by atoms with Crippen LogP contribution in [-0.4, -0.2) is 44.7 Å². The van der Waals surface area contributed by atoms with Crippen LogP contribution in [0.15, 0.2) is 72.9 Å². The van der Waals surface area contributed by atoms with Crippen molar-refractivity contribution < 1.29 is 14.3 Å². The third-order valence-corrected chi connectivity index (χ3v) is 6.63. The molecule has 2 heterocycles. The first-order chi connectivity index (χ1) is 16.7. The first-order valence-electron chi connectivity index (χ1n) is 11.6. The van der Waals surface area contributed by atoms with Gasteiger partial charge in [0.2, 0.25) is 5.91 Å². The number of amides is 1. The number of benzene rings is 3. The second kappa shape index (κ2) is 9.51. The number of fused-ring (bicyclic) bond motifs is 2. The summed E-state index contributed by atoms with van der Waals surface area (Å²) < 4.78 is 11.3. The van der Waals surface area contributed by atoms with Gasteiger partial charge in [0, 0.05) is 47.4 Å². The highest BCUT2D eigenvalue weighted by molar-refractivity contribution is 5.85. The quantitative estimate of drug-likeness (QED) is 0.411. The summed E-state index contributed by atoms with van der Waals surface area (Å²) in [6.45, 7) is 1.65. The molecule has 0 saturated heterocycles. The molecule has 3 aromatic carbocycles. The molecular formula is C28H29N3O3. The molecule has 5 rings (SSSR count). The van der Waals surface area contributed by atoms with Crippen LogP contribution >= 0.6 is 0 Å². The molecule has 1 aliphatic heterocycles. The Kier molecular flexibility index (Phi) is 6.12. The minimum Gasteiger partial charge on any atom is -0.493 e.